The van der Waals surface area contributed by atoms with Crippen LogP contribution >= 0.6 is 0 Å². The van der Waals surface area contributed by atoms with E-state index in [1.54, 1.807) is 6.07 Å². The Hall–Kier alpha value is -1.78. The molecule has 2 rings (SSSR count). The fourth-order valence-corrected chi connectivity index (χ4v) is 2.74. The van der Waals surface area contributed by atoms with Crippen LogP contribution in [0.15, 0.2) is 18.2 Å². The van der Waals surface area contributed by atoms with Crippen LogP contribution in [-0.2, 0) is 0 Å². The number of nitrogens with one attached hydrogen (secondary N) is 1. The highest BCUT2D eigenvalue weighted by Crippen LogP contribution is 2.38. The summed E-state index contributed by atoms with van der Waals surface area (Å²) in [5.74, 6) is 0. The van der Waals surface area contributed by atoms with Crippen molar-refractivity contribution < 1.29 is 4.92 Å². The number of nitrogens with zero attached hydrogens (tertiary/aromatic N) is 2. The third kappa shape index (κ3) is 2.80. The molecule has 5 heteroatoms. The lowest BCUT2D eigenvalue weighted by atomic mass is 10.0. The average Bonchev–Trinajstić information content (AvgIpc) is 2.39. The van der Waals surface area contributed by atoms with Gasteiger partial charge in [0.2, 0.25) is 0 Å². The van der Waals surface area contributed by atoms with Crippen LogP contribution in [0.25, 0.3) is 0 Å². The molecule has 1 atom stereocenters. The Kier molecular flexibility index (Phi) is 4.24. The minimum atomic E-state index is -0.269. The van der Waals surface area contributed by atoms with Gasteiger partial charge in [-0.1, -0.05) is 6.07 Å². The lowest BCUT2D eigenvalue weighted by Crippen LogP contribution is -2.37. The van der Waals surface area contributed by atoms with Gasteiger partial charge in [-0.2, -0.15) is 0 Å². The summed E-state index contributed by atoms with van der Waals surface area (Å²) >= 11 is 0. The smallest absolute Gasteiger partial charge is 0.315 e. The third-order valence-electron chi connectivity index (χ3n) is 3.68. The van der Waals surface area contributed by atoms with Crippen molar-refractivity contribution in [1.82, 2.24) is 0 Å². The van der Waals surface area contributed by atoms with Crippen molar-refractivity contribution >= 4 is 17.1 Å². The maximum atomic E-state index is 11.4. The molecule has 1 aromatic carbocycles. The zero-order valence-electron chi connectivity index (χ0n) is 11.6. The van der Waals surface area contributed by atoms with Gasteiger partial charge in [0, 0.05) is 19.1 Å². The van der Waals surface area contributed by atoms with E-state index in [0.29, 0.717) is 18.3 Å². The topological polar surface area (TPSA) is 58.4 Å². The Morgan fingerprint density at radius 1 is 1.47 bits per heavy atom. The Balaban J connectivity index is 2.43. The molecule has 104 valence electrons. The highest BCUT2D eigenvalue weighted by Gasteiger charge is 2.27. The van der Waals surface area contributed by atoms with E-state index < -0.39 is 0 Å². The molecular weight excluding hydrogens is 242 g/mol. The van der Waals surface area contributed by atoms with Crippen molar-refractivity contribution in [2.75, 3.05) is 23.3 Å². The van der Waals surface area contributed by atoms with Gasteiger partial charge < -0.3 is 10.2 Å². The first kappa shape index (κ1) is 13.6. The number of anilines is 2. The van der Waals surface area contributed by atoms with Crippen molar-refractivity contribution in [3.8, 4) is 0 Å². The molecule has 0 radical (unpaired) electrons. The molecule has 1 saturated heterocycles. The van der Waals surface area contributed by atoms with E-state index in [2.05, 4.69) is 17.1 Å². The monoisotopic (exact) mass is 263 g/mol. The molecule has 0 spiro atoms. The van der Waals surface area contributed by atoms with Gasteiger partial charge in [0.25, 0.3) is 0 Å². The number of para-hydroxylation sites is 1. The summed E-state index contributed by atoms with van der Waals surface area (Å²) in [7, 11) is 0. The van der Waals surface area contributed by atoms with Gasteiger partial charge in [0.05, 0.1) is 4.92 Å². The summed E-state index contributed by atoms with van der Waals surface area (Å²) < 4.78 is 0. The standard InChI is InChI=1S/C14H21N3O2/c1-3-15-12-8-6-9-13(14(12)17(18)19)16-10-5-4-7-11(16)2/h6,8-9,11,15H,3-5,7,10H2,1-2H3. The molecule has 1 heterocycles. The van der Waals surface area contributed by atoms with Gasteiger partial charge in [0.1, 0.15) is 11.4 Å². The van der Waals surface area contributed by atoms with E-state index in [-0.39, 0.29) is 10.6 Å². The van der Waals surface area contributed by atoms with Crippen LogP contribution in [0.2, 0.25) is 0 Å². The largest absolute Gasteiger partial charge is 0.380 e. The number of hydrogen-bond acceptors (Lipinski definition) is 4. The first-order chi connectivity index (χ1) is 9.15. The number of nitro groups is 1. The Bertz CT molecular complexity index is 462. The lowest BCUT2D eigenvalue weighted by Gasteiger charge is -2.35. The van der Waals surface area contributed by atoms with E-state index in [0.717, 1.165) is 25.1 Å². The summed E-state index contributed by atoms with van der Waals surface area (Å²) in [6, 6.07) is 5.90. The van der Waals surface area contributed by atoms with Gasteiger partial charge >= 0.3 is 5.69 Å². The highest BCUT2D eigenvalue weighted by atomic mass is 16.6. The number of benzene rings is 1. The predicted molar refractivity (Wildman–Crippen MR) is 77.9 cm³/mol. The molecule has 19 heavy (non-hydrogen) atoms. The lowest BCUT2D eigenvalue weighted by molar-refractivity contribution is -0.383. The van der Waals surface area contributed by atoms with Crippen LogP contribution in [0, 0.1) is 10.1 Å². The van der Waals surface area contributed by atoms with Crippen LogP contribution < -0.4 is 10.2 Å². The minimum Gasteiger partial charge on any atom is -0.380 e. The molecule has 0 amide bonds. The maximum Gasteiger partial charge on any atom is 0.315 e. The van der Waals surface area contributed by atoms with Crippen LogP contribution in [-0.4, -0.2) is 24.1 Å². The quantitative estimate of drug-likeness (QED) is 0.668. The Morgan fingerprint density at radius 2 is 2.26 bits per heavy atom. The zero-order valence-corrected chi connectivity index (χ0v) is 11.6. The summed E-state index contributed by atoms with van der Waals surface area (Å²) in [4.78, 5) is 13.3. The Labute approximate surface area is 113 Å². The summed E-state index contributed by atoms with van der Waals surface area (Å²) in [6.45, 7) is 5.67. The number of nitro benzene ring substituents is 1. The molecule has 1 fully saturated rings. The summed E-state index contributed by atoms with van der Waals surface area (Å²) in [5.41, 5.74) is 1.57. The van der Waals surface area contributed by atoms with Gasteiger partial charge in [-0.05, 0) is 45.2 Å². The van der Waals surface area contributed by atoms with E-state index >= 15 is 0 Å². The van der Waals surface area contributed by atoms with Gasteiger partial charge in [-0.25, -0.2) is 0 Å². The van der Waals surface area contributed by atoms with Crippen LogP contribution in [0.4, 0.5) is 17.1 Å². The molecule has 1 unspecified atom stereocenters. The number of hydrogen-bond donors (Lipinski definition) is 1. The molecule has 0 aliphatic carbocycles. The summed E-state index contributed by atoms with van der Waals surface area (Å²) in [6.07, 6.45) is 3.41. The van der Waals surface area contributed by atoms with Gasteiger partial charge in [-0.15, -0.1) is 0 Å². The van der Waals surface area contributed by atoms with E-state index in [4.69, 9.17) is 0 Å². The second-order valence-electron chi connectivity index (χ2n) is 5.00. The van der Waals surface area contributed by atoms with Crippen molar-refractivity contribution in [3.63, 3.8) is 0 Å². The molecule has 1 aromatic rings. The highest BCUT2D eigenvalue weighted by molar-refractivity contribution is 5.77. The first-order valence-electron chi connectivity index (χ1n) is 6.93. The zero-order chi connectivity index (χ0) is 13.8. The fraction of sp³-hybridized carbons (Fsp3) is 0.571. The predicted octanol–water partition coefficient (Wildman–Crippen LogP) is 3.41. The van der Waals surface area contributed by atoms with E-state index in [1.807, 2.05) is 19.1 Å². The van der Waals surface area contributed by atoms with Crippen molar-refractivity contribution in [2.24, 2.45) is 0 Å². The van der Waals surface area contributed by atoms with Crippen LogP contribution in [0.5, 0.6) is 0 Å². The second-order valence-corrected chi connectivity index (χ2v) is 5.00. The first-order valence-corrected chi connectivity index (χ1v) is 6.93. The number of piperidine rings is 1. The number of rotatable bonds is 4. The van der Waals surface area contributed by atoms with Crippen molar-refractivity contribution in [1.29, 1.82) is 0 Å². The fourth-order valence-electron chi connectivity index (χ4n) is 2.74. The van der Waals surface area contributed by atoms with Crippen LogP contribution in [0.1, 0.15) is 33.1 Å². The summed E-state index contributed by atoms with van der Waals surface area (Å²) in [5, 5.41) is 14.5. The van der Waals surface area contributed by atoms with Gasteiger partial charge in [-0.3, -0.25) is 10.1 Å². The maximum absolute atomic E-state index is 11.4. The van der Waals surface area contributed by atoms with E-state index in [1.165, 1.54) is 6.42 Å². The van der Waals surface area contributed by atoms with Crippen molar-refractivity contribution in [3.05, 3.63) is 28.3 Å². The molecule has 1 aliphatic rings. The average molecular weight is 263 g/mol. The molecule has 1 aliphatic heterocycles. The Morgan fingerprint density at radius 3 is 2.89 bits per heavy atom. The molecule has 1 N–H and O–H groups in total. The second kappa shape index (κ2) is 5.91. The molecular formula is C14H21N3O2. The SMILES string of the molecule is CCNc1cccc(N2CCCCC2C)c1[N+](=O)[O-]. The van der Waals surface area contributed by atoms with Crippen LogP contribution in [0.3, 0.4) is 0 Å². The third-order valence-corrected chi connectivity index (χ3v) is 3.68. The van der Waals surface area contributed by atoms with Crippen molar-refractivity contribution in [2.45, 2.75) is 39.2 Å². The van der Waals surface area contributed by atoms with E-state index in [9.17, 15) is 10.1 Å². The molecule has 0 aromatic heterocycles. The normalized spacial score (nSPS) is 19.3. The molecule has 5 nitrogen and oxygen atoms in total. The molecule has 0 saturated carbocycles. The molecule has 0 bridgehead atoms. The minimum absolute atomic E-state index is 0.207. The van der Waals surface area contributed by atoms with Gasteiger partial charge in [0.15, 0.2) is 0 Å².